The molecule has 2 aliphatic heterocycles. The summed E-state index contributed by atoms with van der Waals surface area (Å²) in [6, 6.07) is 26.4. The number of aromatic nitrogens is 2. The number of ether oxygens (including phenoxy) is 1. The van der Waals surface area contributed by atoms with Crippen molar-refractivity contribution in [2.24, 2.45) is 0 Å². The summed E-state index contributed by atoms with van der Waals surface area (Å²) < 4.78 is 11.7. The number of imidazole rings is 1. The predicted molar refractivity (Wildman–Crippen MR) is 170 cm³/mol. The molecular formula is C34H38N4O4S. The minimum absolute atomic E-state index is 0.0240. The van der Waals surface area contributed by atoms with Gasteiger partial charge in [-0.15, -0.1) is 0 Å². The summed E-state index contributed by atoms with van der Waals surface area (Å²) >= 11 is 1.71. The number of carbonyl (C=O) groups excluding carboxylic acids is 2. The Labute approximate surface area is 256 Å². The normalized spacial score (nSPS) is 16.4. The SMILES string of the molecule is C[C@@H](COC(=O)N1CCC(n2c(=O)n3c4c(cccc42)C(=O)CCC3)CC1)SN(Cc1ccccc1)Cc1ccccc1. The average Bonchev–Trinajstić information content (AvgIpc) is 3.19. The summed E-state index contributed by atoms with van der Waals surface area (Å²) in [6.45, 7) is 5.58. The van der Waals surface area contributed by atoms with E-state index in [1.807, 2.05) is 34.9 Å². The van der Waals surface area contributed by atoms with Crippen LogP contribution in [-0.2, 0) is 24.4 Å². The highest BCUT2D eigenvalue weighted by Crippen LogP contribution is 2.30. The maximum Gasteiger partial charge on any atom is 0.409 e. The number of Topliss-reactive ketones (excluding diaryl/α,β-unsaturated/α-hetero) is 1. The number of carbonyl (C=O) groups is 2. The van der Waals surface area contributed by atoms with Gasteiger partial charge >= 0.3 is 11.8 Å². The molecule has 1 amide bonds. The Morgan fingerprint density at radius 3 is 2.21 bits per heavy atom. The van der Waals surface area contributed by atoms with Crippen LogP contribution in [0.3, 0.4) is 0 Å². The minimum Gasteiger partial charge on any atom is -0.448 e. The van der Waals surface area contributed by atoms with Gasteiger partial charge in [0.05, 0.1) is 16.3 Å². The molecule has 43 heavy (non-hydrogen) atoms. The number of benzene rings is 3. The zero-order valence-electron chi connectivity index (χ0n) is 24.6. The summed E-state index contributed by atoms with van der Waals surface area (Å²) in [5, 5.41) is 0.0779. The summed E-state index contributed by atoms with van der Waals surface area (Å²) in [6.07, 6.45) is 2.16. The fourth-order valence-electron chi connectivity index (χ4n) is 6.23. The molecule has 4 aromatic rings. The molecule has 1 fully saturated rings. The fourth-order valence-corrected chi connectivity index (χ4v) is 7.32. The van der Waals surface area contributed by atoms with Gasteiger partial charge in [0.25, 0.3) is 0 Å². The number of piperidine rings is 1. The molecule has 3 aromatic carbocycles. The van der Waals surface area contributed by atoms with Crippen LogP contribution in [-0.4, -0.2) is 55.2 Å². The fraction of sp³-hybridized carbons (Fsp3) is 0.382. The largest absolute Gasteiger partial charge is 0.448 e. The molecule has 0 N–H and O–H groups in total. The van der Waals surface area contributed by atoms with E-state index in [-0.39, 0.29) is 28.9 Å². The zero-order chi connectivity index (χ0) is 29.8. The van der Waals surface area contributed by atoms with E-state index in [2.05, 4.69) is 59.8 Å². The first-order chi connectivity index (χ1) is 21.0. The standard InChI is InChI=1S/C34H38N4O4S/c1-25(43-36(22-26-10-4-2-5-11-26)23-27-12-6-3-7-13-27)24-42-34(41)35-20-17-28(18-21-35)38-30-15-8-14-29-31(39)16-9-19-37(32(29)30)33(38)40/h2-8,10-15,25,28H,9,16-24H2,1H3/t25-/m0/s1. The lowest BCUT2D eigenvalue weighted by atomic mass is 10.0. The Morgan fingerprint density at radius 1 is 0.907 bits per heavy atom. The van der Waals surface area contributed by atoms with E-state index in [1.54, 1.807) is 21.4 Å². The lowest BCUT2D eigenvalue weighted by Crippen LogP contribution is -2.41. The molecule has 1 aromatic heterocycles. The van der Waals surface area contributed by atoms with E-state index in [0.29, 0.717) is 57.5 Å². The number of ketones is 1. The molecule has 0 spiro atoms. The van der Waals surface area contributed by atoms with Crippen molar-refractivity contribution in [1.82, 2.24) is 18.3 Å². The van der Waals surface area contributed by atoms with Gasteiger partial charge in [-0.3, -0.25) is 13.9 Å². The second-order valence-corrected chi connectivity index (χ2v) is 13.0. The Bertz CT molecular complexity index is 1590. The van der Waals surface area contributed by atoms with Gasteiger partial charge in [0.15, 0.2) is 5.78 Å². The van der Waals surface area contributed by atoms with Crippen molar-refractivity contribution >= 4 is 34.9 Å². The highest BCUT2D eigenvalue weighted by molar-refractivity contribution is 7.97. The van der Waals surface area contributed by atoms with Crippen LogP contribution in [0.15, 0.2) is 83.7 Å². The number of hydrogen-bond donors (Lipinski definition) is 0. The molecule has 8 nitrogen and oxygen atoms in total. The molecule has 1 saturated heterocycles. The first-order valence-corrected chi connectivity index (χ1v) is 16.0. The number of amides is 1. The predicted octanol–water partition coefficient (Wildman–Crippen LogP) is 6.29. The van der Waals surface area contributed by atoms with Crippen molar-refractivity contribution in [3.8, 4) is 0 Å². The maximum absolute atomic E-state index is 13.5. The van der Waals surface area contributed by atoms with E-state index in [1.165, 1.54) is 11.1 Å². The second kappa shape index (κ2) is 13.2. The van der Waals surface area contributed by atoms with Crippen LogP contribution in [0.2, 0.25) is 0 Å². The van der Waals surface area contributed by atoms with Gasteiger partial charge in [-0.2, -0.15) is 0 Å². The van der Waals surface area contributed by atoms with Gasteiger partial charge < -0.3 is 9.64 Å². The van der Waals surface area contributed by atoms with Crippen molar-refractivity contribution in [1.29, 1.82) is 0 Å². The molecule has 2 aliphatic rings. The molecule has 0 radical (unpaired) electrons. The maximum atomic E-state index is 13.5. The third-order valence-corrected chi connectivity index (χ3v) is 9.38. The molecule has 3 heterocycles. The van der Waals surface area contributed by atoms with Gasteiger partial charge in [0.1, 0.15) is 6.61 Å². The van der Waals surface area contributed by atoms with Crippen molar-refractivity contribution < 1.29 is 14.3 Å². The van der Waals surface area contributed by atoms with Crippen LogP contribution >= 0.6 is 11.9 Å². The summed E-state index contributed by atoms with van der Waals surface area (Å²) in [4.78, 5) is 40.9. The lowest BCUT2D eigenvalue weighted by molar-refractivity contribution is 0.0893. The van der Waals surface area contributed by atoms with Crippen LogP contribution in [0.25, 0.3) is 11.0 Å². The molecule has 9 heteroatoms. The number of nitrogens with zero attached hydrogens (tertiary/aromatic N) is 4. The molecule has 1 atom stereocenters. The van der Waals surface area contributed by atoms with E-state index >= 15 is 0 Å². The Morgan fingerprint density at radius 2 is 1.56 bits per heavy atom. The van der Waals surface area contributed by atoms with Crippen LogP contribution < -0.4 is 5.69 Å². The number of rotatable bonds is 9. The molecule has 224 valence electrons. The molecular weight excluding hydrogens is 560 g/mol. The van der Waals surface area contributed by atoms with E-state index < -0.39 is 0 Å². The summed E-state index contributed by atoms with van der Waals surface area (Å²) in [5.41, 5.74) is 4.64. The molecule has 0 saturated carbocycles. The quantitative estimate of drug-likeness (QED) is 0.211. The van der Waals surface area contributed by atoms with Crippen LogP contribution in [0.5, 0.6) is 0 Å². The van der Waals surface area contributed by atoms with Crippen molar-refractivity contribution in [3.63, 3.8) is 0 Å². The first kappa shape index (κ1) is 29.3. The van der Waals surface area contributed by atoms with Gasteiger partial charge in [0, 0.05) is 50.7 Å². The highest BCUT2D eigenvalue weighted by Gasteiger charge is 2.30. The molecule has 0 bridgehead atoms. The number of aryl methyl sites for hydroxylation is 1. The third kappa shape index (κ3) is 6.58. The Kier molecular flexibility index (Phi) is 9.00. The summed E-state index contributed by atoms with van der Waals surface area (Å²) in [5.74, 6) is 0.0993. The van der Waals surface area contributed by atoms with Crippen LogP contribution in [0.4, 0.5) is 4.79 Å². The number of likely N-dealkylation sites (tertiary alicyclic amines) is 1. The van der Waals surface area contributed by atoms with Crippen molar-refractivity contribution in [2.75, 3.05) is 19.7 Å². The smallest absolute Gasteiger partial charge is 0.409 e. The molecule has 0 unspecified atom stereocenters. The monoisotopic (exact) mass is 598 g/mol. The van der Waals surface area contributed by atoms with Crippen molar-refractivity contribution in [3.05, 3.63) is 106 Å². The number of hydrogen-bond acceptors (Lipinski definition) is 6. The first-order valence-electron chi connectivity index (χ1n) is 15.2. The van der Waals surface area contributed by atoms with E-state index in [4.69, 9.17) is 4.74 Å². The van der Waals surface area contributed by atoms with Gasteiger partial charge in [-0.25, -0.2) is 13.9 Å². The van der Waals surface area contributed by atoms with Gasteiger partial charge in [0.2, 0.25) is 0 Å². The Hall–Kier alpha value is -3.82. The van der Waals surface area contributed by atoms with Crippen LogP contribution in [0, 0.1) is 0 Å². The lowest BCUT2D eigenvalue weighted by Gasteiger charge is -2.32. The van der Waals surface area contributed by atoms with E-state index in [9.17, 15) is 14.4 Å². The van der Waals surface area contributed by atoms with E-state index in [0.717, 1.165) is 24.1 Å². The van der Waals surface area contributed by atoms with Crippen LogP contribution in [0.1, 0.15) is 60.1 Å². The third-order valence-electron chi connectivity index (χ3n) is 8.33. The molecule has 0 aliphatic carbocycles. The van der Waals surface area contributed by atoms with Crippen molar-refractivity contribution in [2.45, 2.75) is 63.5 Å². The Balaban J connectivity index is 1.05. The van der Waals surface area contributed by atoms with Gasteiger partial charge in [-0.1, -0.05) is 78.7 Å². The average molecular weight is 599 g/mol. The highest BCUT2D eigenvalue weighted by atomic mass is 32.2. The summed E-state index contributed by atoms with van der Waals surface area (Å²) in [7, 11) is 0. The zero-order valence-corrected chi connectivity index (χ0v) is 25.4. The second-order valence-electron chi connectivity index (χ2n) is 11.5. The minimum atomic E-state index is -0.305. The molecule has 6 rings (SSSR count). The number of para-hydroxylation sites is 1. The van der Waals surface area contributed by atoms with Gasteiger partial charge in [-0.05, 0) is 49.4 Å². The topological polar surface area (TPSA) is 76.8 Å².